The number of piperidine rings is 1. The van der Waals surface area contributed by atoms with Crippen molar-refractivity contribution in [2.24, 2.45) is 5.41 Å². The topological polar surface area (TPSA) is 32.3 Å². The number of nitrogens with one attached hydrogen (secondary N) is 1. The van der Waals surface area contributed by atoms with E-state index in [4.69, 9.17) is 23.2 Å². The van der Waals surface area contributed by atoms with Gasteiger partial charge in [0.25, 0.3) is 0 Å². The zero-order valence-corrected chi connectivity index (χ0v) is 14.0. The molecule has 2 aliphatic heterocycles. The van der Waals surface area contributed by atoms with Crippen LogP contribution in [0.4, 0.5) is 0 Å². The van der Waals surface area contributed by atoms with Gasteiger partial charge in [0.2, 0.25) is 5.91 Å². The molecule has 1 amide bonds. The Balaban J connectivity index is 0.00000161. The van der Waals surface area contributed by atoms with Crippen LogP contribution in [0.15, 0.2) is 18.2 Å². The molecule has 2 heterocycles. The summed E-state index contributed by atoms with van der Waals surface area (Å²) in [5.41, 5.74) is 1.31. The van der Waals surface area contributed by atoms with Gasteiger partial charge in [-0.1, -0.05) is 29.3 Å². The highest BCUT2D eigenvalue weighted by molar-refractivity contribution is 6.42. The summed E-state index contributed by atoms with van der Waals surface area (Å²) >= 11 is 11.9. The van der Waals surface area contributed by atoms with Gasteiger partial charge in [0.15, 0.2) is 0 Å². The van der Waals surface area contributed by atoms with Gasteiger partial charge in [-0.2, -0.15) is 0 Å². The lowest BCUT2D eigenvalue weighted by Crippen LogP contribution is -2.61. The first kappa shape index (κ1) is 16.9. The predicted octanol–water partition coefficient (Wildman–Crippen LogP) is 3.17. The Morgan fingerprint density at radius 1 is 1.19 bits per heavy atom. The smallest absolute Gasteiger partial charge is 0.227 e. The lowest BCUT2D eigenvalue weighted by atomic mass is 9.72. The average molecular weight is 350 g/mol. The van der Waals surface area contributed by atoms with Crippen molar-refractivity contribution >= 4 is 41.5 Å². The van der Waals surface area contributed by atoms with Crippen LogP contribution in [-0.4, -0.2) is 37.0 Å². The lowest BCUT2D eigenvalue weighted by molar-refractivity contribution is -0.144. The molecule has 0 bridgehead atoms. The number of hydrogen-bond donors (Lipinski definition) is 1. The molecule has 6 heteroatoms. The number of benzene rings is 1. The maximum Gasteiger partial charge on any atom is 0.227 e. The van der Waals surface area contributed by atoms with E-state index in [9.17, 15) is 4.79 Å². The Kier molecular flexibility index (Phi) is 5.42. The zero-order chi connectivity index (χ0) is 14.2. The van der Waals surface area contributed by atoms with Crippen LogP contribution in [0.3, 0.4) is 0 Å². The van der Waals surface area contributed by atoms with Crippen molar-refractivity contribution in [2.45, 2.75) is 19.3 Å². The van der Waals surface area contributed by atoms with Crippen molar-refractivity contribution in [1.29, 1.82) is 0 Å². The molecule has 2 fully saturated rings. The number of hydrogen-bond acceptors (Lipinski definition) is 2. The van der Waals surface area contributed by atoms with Gasteiger partial charge < -0.3 is 10.2 Å². The highest BCUT2D eigenvalue weighted by Gasteiger charge is 2.45. The predicted molar refractivity (Wildman–Crippen MR) is 88.5 cm³/mol. The van der Waals surface area contributed by atoms with Crippen LogP contribution >= 0.6 is 35.6 Å². The van der Waals surface area contributed by atoms with E-state index in [2.05, 4.69) is 5.32 Å². The summed E-state index contributed by atoms with van der Waals surface area (Å²) in [4.78, 5) is 14.2. The van der Waals surface area contributed by atoms with E-state index in [-0.39, 0.29) is 18.3 Å². The van der Waals surface area contributed by atoms with Gasteiger partial charge in [-0.15, -0.1) is 12.4 Å². The van der Waals surface area contributed by atoms with Crippen molar-refractivity contribution in [3.63, 3.8) is 0 Å². The van der Waals surface area contributed by atoms with Crippen molar-refractivity contribution < 1.29 is 4.79 Å². The first-order chi connectivity index (χ1) is 9.58. The van der Waals surface area contributed by atoms with E-state index in [1.165, 1.54) is 12.8 Å². The van der Waals surface area contributed by atoms with Gasteiger partial charge in [0.1, 0.15) is 0 Å². The van der Waals surface area contributed by atoms with Gasteiger partial charge in [0, 0.05) is 18.5 Å². The van der Waals surface area contributed by atoms with Crippen molar-refractivity contribution in [1.82, 2.24) is 10.2 Å². The van der Waals surface area contributed by atoms with Gasteiger partial charge in [-0.3, -0.25) is 4.79 Å². The zero-order valence-electron chi connectivity index (χ0n) is 11.7. The maximum atomic E-state index is 12.3. The normalized spacial score (nSPS) is 19.8. The molecule has 1 aromatic carbocycles. The van der Waals surface area contributed by atoms with Crippen LogP contribution in [0, 0.1) is 5.41 Å². The summed E-state index contributed by atoms with van der Waals surface area (Å²) in [5.74, 6) is 0.188. The Morgan fingerprint density at radius 3 is 2.48 bits per heavy atom. The second-order valence-electron chi connectivity index (χ2n) is 5.93. The van der Waals surface area contributed by atoms with E-state index in [0.29, 0.717) is 21.9 Å². The van der Waals surface area contributed by atoms with Crippen LogP contribution in [0.25, 0.3) is 0 Å². The van der Waals surface area contributed by atoms with E-state index in [1.807, 2.05) is 11.0 Å². The first-order valence-electron chi connectivity index (χ1n) is 7.00. The molecule has 0 aromatic heterocycles. The van der Waals surface area contributed by atoms with E-state index in [0.717, 1.165) is 31.7 Å². The fraction of sp³-hybridized carbons (Fsp3) is 0.533. The fourth-order valence-electron chi connectivity index (χ4n) is 3.15. The molecular formula is C15H19Cl3N2O. The van der Waals surface area contributed by atoms with E-state index < -0.39 is 0 Å². The summed E-state index contributed by atoms with van der Waals surface area (Å²) < 4.78 is 0. The second-order valence-corrected chi connectivity index (χ2v) is 6.74. The minimum absolute atomic E-state index is 0. The third-order valence-electron chi connectivity index (χ3n) is 4.41. The number of rotatable bonds is 2. The molecule has 2 aliphatic rings. The van der Waals surface area contributed by atoms with Crippen molar-refractivity contribution in [3.05, 3.63) is 33.8 Å². The molecule has 0 saturated carbocycles. The highest BCUT2D eigenvalue weighted by atomic mass is 35.5. The molecule has 2 saturated heterocycles. The van der Waals surface area contributed by atoms with Gasteiger partial charge in [0.05, 0.1) is 16.5 Å². The highest BCUT2D eigenvalue weighted by Crippen LogP contribution is 2.38. The van der Waals surface area contributed by atoms with E-state index in [1.54, 1.807) is 12.1 Å². The molecule has 1 N–H and O–H groups in total. The molecule has 1 aromatic rings. The van der Waals surface area contributed by atoms with E-state index >= 15 is 0 Å². The lowest BCUT2D eigenvalue weighted by Gasteiger charge is -2.52. The molecule has 116 valence electrons. The molecule has 1 spiro atoms. The van der Waals surface area contributed by atoms with Crippen LogP contribution in [0.2, 0.25) is 10.0 Å². The summed E-state index contributed by atoms with van der Waals surface area (Å²) in [5, 5.41) is 4.41. The van der Waals surface area contributed by atoms with Gasteiger partial charge in [-0.05, 0) is 43.6 Å². The second kappa shape index (κ2) is 6.74. The monoisotopic (exact) mass is 348 g/mol. The third kappa shape index (κ3) is 3.65. The van der Waals surface area contributed by atoms with Crippen LogP contribution in [0.1, 0.15) is 18.4 Å². The largest absolute Gasteiger partial charge is 0.341 e. The average Bonchev–Trinajstić information content (AvgIpc) is 2.41. The fourth-order valence-corrected chi connectivity index (χ4v) is 3.47. The van der Waals surface area contributed by atoms with Crippen LogP contribution in [0.5, 0.6) is 0 Å². The molecule has 0 unspecified atom stereocenters. The summed E-state index contributed by atoms with van der Waals surface area (Å²) in [7, 11) is 0. The summed E-state index contributed by atoms with van der Waals surface area (Å²) in [6.07, 6.45) is 2.78. The molecule has 3 nitrogen and oxygen atoms in total. The quantitative estimate of drug-likeness (QED) is 0.889. The number of halogens is 3. The maximum absolute atomic E-state index is 12.3. The molecule has 21 heavy (non-hydrogen) atoms. The number of likely N-dealkylation sites (tertiary alicyclic amines) is 1. The Morgan fingerprint density at radius 2 is 1.86 bits per heavy atom. The molecule has 3 rings (SSSR count). The Hall–Kier alpha value is -0.480. The van der Waals surface area contributed by atoms with Crippen molar-refractivity contribution in [3.8, 4) is 0 Å². The van der Waals surface area contributed by atoms with Crippen LogP contribution in [-0.2, 0) is 11.2 Å². The van der Waals surface area contributed by atoms with Gasteiger partial charge >= 0.3 is 0 Å². The molecule has 0 atom stereocenters. The molecule has 0 aliphatic carbocycles. The number of amides is 1. The van der Waals surface area contributed by atoms with Crippen molar-refractivity contribution in [2.75, 3.05) is 26.2 Å². The third-order valence-corrected chi connectivity index (χ3v) is 5.15. The van der Waals surface area contributed by atoms with Gasteiger partial charge in [-0.25, -0.2) is 0 Å². The summed E-state index contributed by atoms with van der Waals surface area (Å²) in [6, 6.07) is 5.39. The van der Waals surface area contributed by atoms with Crippen LogP contribution < -0.4 is 5.32 Å². The minimum Gasteiger partial charge on any atom is -0.341 e. The molecular weight excluding hydrogens is 331 g/mol. The minimum atomic E-state index is 0. The number of carbonyl (C=O) groups excluding carboxylic acids is 1. The Bertz CT molecular complexity index is 522. The first-order valence-corrected chi connectivity index (χ1v) is 7.76. The Labute approximate surface area is 141 Å². The summed E-state index contributed by atoms with van der Waals surface area (Å²) in [6.45, 7) is 3.98. The standard InChI is InChI=1S/C15H18Cl2N2O.ClH/c16-12-2-1-11(7-13(12)17)8-14(20)19-9-15(10-19)3-5-18-6-4-15;/h1-2,7,18H,3-6,8-10H2;1H. The number of carbonyl (C=O) groups is 1. The SMILES string of the molecule is Cl.O=C(Cc1ccc(Cl)c(Cl)c1)N1CC2(CCNCC2)C1. The molecule has 0 radical (unpaired) electrons. The number of nitrogens with zero attached hydrogens (tertiary/aromatic N) is 1.